The largest absolute Gasteiger partial charge is 0.355 e. The molecule has 0 spiro atoms. The monoisotopic (exact) mass is 551 g/mol. The zero-order chi connectivity index (χ0) is 28.3. The molecule has 212 valence electrons. The molecule has 3 aromatic rings. The number of aromatic nitrogens is 2. The van der Waals surface area contributed by atoms with E-state index in [2.05, 4.69) is 25.7 Å². The Balaban J connectivity index is 1.35. The number of likely N-dealkylation sites (tertiary alicyclic amines) is 1. The second-order valence-electron chi connectivity index (χ2n) is 11.1. The molecule has 40 heavy (non-hydrogen) atoms. The lowest BCUT2D eigenvalue weighted by Gasteiger charge is -2.48. The average Bonchev–Trinajstić information content (AvgIpc) is 3.45. The molecule has 1 aliphatic carbocycles. The van der Waals surface area contributed by atoms with Crippen LogP contribution in [0.1, 0.15) is 74.6 Å². The zero-order valence-corrected chi connectivity index (χ0v) is 22.8. The number of hydrogen-bond donors (Lipinski definition) is 2. The van der Waals surface area contributed by atoms with Gasteiger partial charge in [0.2, 0.25) is 5.91 Å². The van der Waals surface area contributed by atoms with E-state index in [4.69, 9.17) is 4.52 Å². The van der Waals surface area contributed by atoms with E-state index in [0.717, 1.165) is 37.2 Å². The van der Waals surface area contributed by atoms with Gasteiger partial charge in [0, 0.05) is 43.5 Å². The summed E-state index contributed by atoms with van der Waals surface area (Å²) in [6.07, 6.45) is 8.11. The first-order valence-electron chi connectivity index (χ1n) is 13.9. The minimum atomic E-state index is -0.927. The van der Waals surface area contributed by atoms with Crippen molar-refractivity contribution in [2.75, 3.05) is 13.1 Å². The molecule has 8 nitrogen and oxygen atoms in total. The standard InChI is InChI=1S/C30H35F2N5O3/c1-19(24-10-6-7-14-33-24)34-29(39)30(2)18-37(21-8-4-3-5-9-21)15-13-27(30)35-28(38)25-17-26(40-36-25)22-12-11-20(31)16-23(22)32/h6-7,10-12,14,16-17,19,21,27H,3-5,8-9,13,15,18H2,1-2H3,(H,34,39)(H,35,38)/t19-,27-,30-/m1/s1. The summed E-state index contributed by atoms with van der Waals surface area (Å²) < 4.78 is 32.8. The summed E-state index contributed by atoms with van der Waals surface area (Å²) >= 11 is 0. The molecule has 1 aliphatic heterocycles. The molecule has 2 amide bonds. The number of piperidine rings is 1. The molecule has 2 aliphatic rings. The summed E-state index contributed by atoms with van der Waals surface area (Å²) in [5.41, 5.74) is -0.216. The van der Waals surface area contributed by atoms with E-state index >= 15 is 0 Å². The Kier molecular flexibility index (Phi) is 8.25. The van der Waals surface area contributed by atoms with Crippen LogP contribution in [0, 0.1) is 17.0 Å². The second-order valence-corrected chi connectivity index (χ2v) is 11.1. The van der Waals surface area contributed by atoms with Gasteiger partial charge >= 0.3 is 0 Å². The number of nitrogens with zero attached hydrogens (tertiary/aromatic N) is 3. The van der Waals surface area contributed by atoms with E-state index in [-0.39, 0.29) is 29.0 Å². The van der Waals surface area contributed by atoms with Crippen LogP contribution < -0.4 is 10.6 Å². The fourth-order valence-electron chi connectivity index (χ4n) is 5.94. The van der Waals surface area contributed by atoms with Gasteiger partial charge in [-0.2, -0.15) is 0 Å². The molecule has 1 aromatic carbocycles. The van der Waals surface area contributed by atoms with Gasteiger partial charge in [0.25, 0.3) is 5.91 Å². The summed E-state index contributed by atoms with van der Waals surface area (Å²) in [5.74, 6) is -2.20. The molecule has 2 N–H and O–H groups in total. The fourth-order valence-corrected chi connectivity index (χ4v) is 5.94. The molecule has 10 heteroatoms. The number of benzene rings is 1. The number of carbonyl (C=O) groups is 2. The van der Waals surface area contributed by atoms with Crippen LogP contribution in [0.3, 0.4) is 0 Å². The minimum Gasteiger partial charge on any atom is -0.355 e. The fraction of sp³-hybridized carbons (Fsp3) is 0.467. The highest BCUT2D eigenvalue weighted by Crippen LogP contribution is 2.35. The first-order valence-corrected chi connectivity index (χ1v) is 13.9. The van der Waals surface area contributed by atoms with Crippen LogP contribution in [0.5, 0.6) is 0 Å². The van der Waals surface area contributed by atoms with E-state index < -0.39 is 29.0 Å². The summed E-state index contributed by atoms with van der Waals surface area (Å²) in [4.78, 5) is 34.0. The average molecular weight is 552 g/mol. The first kappa shape index (κ1) is 27.9. The number of carbonyl (C=O) groups excluding carboxylic acids is 2. The maximum atomic E-state index is 14.2. The Bertz CT molecular complexity index is 1340. The molecule has 1 saturated carbocycles. The number of hydrogen-bond acceptors (Lipinski definition) is 6. The van der Waals surface area contributed by atoms with Crippen LogP contribution in [0.2, 0.25) is 0 Å². The van der Waals surface area contributed by atoms with Gasteiger partial charge in [-0.25, -0.2) is 8.78 Å². The van der Waals surface area contributed by atoms with E-state index in [1.165, 1.54) is 31.4 Å². The lowest BCUT2D eigenvalue weighted by atomic mass is 9.74. The first-order chi connectivity index (χ1) is 19.2. The van der Waals surface area contributed by atoms with Gasteiger partial charge in [0.1, 0.15) is 11.6 Å². The molecular formula is C30H35F2N5O3. The Morgan fingerprint density at radius 3 is 2.62 bits per heavy atom. The van der Waals surface area contributed by atoms with Crippen LogP contribution in [0.25, 0.3) is 11.3 Å². The predicted molar refractivity (Wildman–Crippen MR) is 145 cm³/mol. The van der Waals surface area contributed by atoms with Crippen molar-refractivity contribution in [1.29, 1.82) is 0 Å². The Labute approximate surface area is 232 Å². The molecule has 1 saturated heterocycles. The highest BCUT2D eigenvalue weighted by atomic mass is 19.1. The number of amides is 2. The van der Waals surface area contributed by atoms with Gasteiger partial charge in [-0.05, 0) is 57.4 Å². The number of pyridine rings is 1. The Morgan fingerprint density at radius 1 is 1.10 bits per heavy atom. The summed E-state index contributed by atoms with van der Waals surface area (Å²) in [5, 5.41) is 9.96. The van der Waals surface area contributed by atoms with Crippen LogP contribution in [-0.4, -0.2) is 52.0 Å². The van der Waals surface area contributed by atoms with Crippen LogP contribution >= 0.6 is 0 Å². The van der Waals surface area contributed by atoms with E-state index in [1.54, 1.807) is 6.20 Å². The number of nitrogens with one attached hydrogen (secondary N) is 2. The molecule has 0 bridgehead atoms. The van der Waals surface area contributed by atoms with Crippen molar-refractivity contribution >= 4 is 11.8 Å². The van der Waals surface area contributed by atoms with Gasteiger partial charge in [0.15, 0.2) is 11.5 Å². The molecule has 2 fully saturated rings. The maximum absolute atomic E-state index is 14.2. The van der Waals surface area contributed by atoms with Crippen molar-refractivity contribution in [2.24, 2.45) is 5.41 Å². The van der Waals surface area contributed by atoms with E-state index in [0.29, 0.717) is 19.0 Å². The molecule has 5 rings (SSSR count). The van der Waals surface area contributed by atoms with Crippen molar-refractivity contribution < 1.29 is 22.9 Å². The molecular weight excluding hydrogens is 516 g/mol. The highest BCUT2D eigenvalue weighted by Gasteiger charge is 2.48. The third-order valence-corrected chi connectivity index (χ3v) is 8.34. The van der Waals surface area contributed by atoms with Gasteiger partial charge in [-0.1, -0.05) is 30.5 Å². The third kappa shape index (κ3) is 5.91. The molecule has 3 atom stereocenters. The molecule has 0 unspecified atom stereocenters. The van der Waals surface area contributed by atoms with Gasteiger partial charge in [-0.15, -0.1) is 0 Å². The van der Waals surface area contributed by atoms with E-state index in [9.17, 15) is 18.4 Å². The SMILES string of the molecule is C[C@@H](NC(=O)[C@]1(C)CN(C2CCCCC2)CC[C@H]1NC(=O)c1cc(-c2ccc(F)cc2F)on1)c1ccccn1. The summed E-state index contributed by atoms with van der Waals surface area (Å²) in [7, 11) is 0. The second kappa shape index (κ2) is 11.8. The van der Waals surface area contributed by atoms with Crippen molar-refractivity contribution in [3.05, 3.63) is 71.7 Å². The van der Waals surface area contributed by atoms with Gasteiger partial charge in [0.05, 0.1) is 22.7 Å². The summed E-state index contributed by atoms with van der Waals surface area (Å²) in [6, 6.07) is 9.63. The van der Waals surface area contributed by atoms with Crippen molar-refractivity contribution in [3.8, 4) is 11.3 Å². The lowest BCUT2D eigenvalue weighted by molar-refractivity contribution is -0.136. The number of rotatable bonds is 7. The quantitative estimate of drug-likeness (QED) is 0.427. The number of halogens is 2. The van der Waals surface area contributed by atoms with Gasteiger partial charge in [-0.3, -0.25) is 19.5 Å². The van der Waals surface area contributed by atoms with Crippen molar-refractivity contribution in [1.82, 2.24) is 25.7 Å². The lowest BCUT2D eigenvalue weighted by Crippen LogP contribution is -2.64. The van der Waals surface area contributed by atoms with Crippen LogP contribution in [0.15, 0.2) is 53.2 Å². The zero-order valence-electron chi connectivity index (χ0n) is 22.8. The Hall–Kier alpha value is -3.66. The molecule has 3 heterocycles. The minimum absolute atomic E-state index is 0.00136. The molecule has 0 radical (unpaired) electrons. The van der Waals surface area contributed by atoms with E-state index in [1.807, 2.05) is 32.0 Å². The third-order valence-electron chi connectivity index (χ3n) is 8.34. The maximum Gasteiger partial charge on any atom is 0.273 e. The highest BCUT2D eigenvalue weighted by molar-refractivity contribution is 5.94. The van der Waals surface area contributed by atoms with Crippen molar-refractivity contribution in [3.63, 3.8) is 0 Å². The normalized spacial score (nSPS) is 22.9. The van der Waals surface area contributed by atoms with Gasteiger partial charge < -0.3 is 15.2 Å². The smallest absolute Gasteiger partial charge is 0.273 e. The predicted octanol–water partition coefficient (Wildman–Crippen LogP) is 5.04. The van der Waals surface area contributed by atoms with Crippen LogP contribution in [-0.2, 0) is 4.79 Å². The molecule has 2 aromatic heterocycles. The topological polar surface area (TPSA) is 100 Å². The van der Waals surface area contributed by atoms with Crippen molar-refractivity contribution in [2.45, 2.75) is 70.5 Å². The van der Waals surface area contributed by atoms with Crippen LogP contribution in [0.4, 0.5) is 8.78 Å². The Morgan fingerprint density at radius 2 is 1.90 bits per heavy atom. The summed E-state index contributed by atoms with van der Waals surface area (Å²) in [6.45, 7) is 5.06.